The van der Waals surface area contributed by atoms with E-state index in [1.165, 1.54) is 17.0 Å². The second-order valence-corrected chi connectivity index (χ2v) is 9.65. The van der Waals surface area contributed by atoms with Crippen molar-refractivity contribution in [1.82, 2.24) is 14.6 Å². The van der Waals surface area contributed by atoms with Crippen molar-refractivity contribution in [2.75, 3.05) is 13.1 Å². The van der Waals surface area contributed by atoms with Crippen LogP contribution in [0.3, 0.4) is 0 Å². The number of benzene rings is 2. The minimum Gasteiger partial charge on any atom is -0.489 e. The minimum absolute atomic E-state index is 0.000196. The minimum atomic E-state index is -3.98. The van der Waals surface area contributed by atoms with Crippen molar-refractivity contribution in [3.8, 4) is 5.75 Å². The molecule has 1 fully saturated rings. The number of hydrogen-bond donors (Lipinski definition) is 2. The fourth-order valence-electron chi connectivity index (χ4n) is 3.95. The highest BCUT2D eigenvalue weighted by Crippen LogP contribution is 2.23. The molecule has 1 aromatic heterocycles. The number of nitrogens with one attached hydrogen (secondary N) is 1. The first-order valence-electron chi connectivity index (χ1n) is 10.3. The predicted molar refractivity (Wildman–Crippen MR) is 120 cm³/mol. The topological polar surface area (TPSA) is 126 Å². The number of sulfonamides is 1. The Bertz CT molecular complexity index is 1290. The molecule has 0 aliphatic carbocycles. The number of pyridine rings is 1. The highest BCUT2D eigenvalue weighted by Gasteiger charge is 2.39. The van der Waals surface area contributed by atoms with E-state index in [-0.39, 0.29) is 24.6 Å². The molecule has 1 aliphatic heterocycles. The summed E-state index contributed by atoms with van der Waals surface area (Å²) in [7, 11) is -3.98. The second kappa shape index (κ2) is 9.16. The lowest BCUT2D eigenvalue weighted by molar-refractivity contribution is -0.141. The Hall–Kier alpha value is -3.50. The molecule has 33 heavy (non-hydrogen) atoms. The summed E-state index contributed by atoms with van der Waals surface area (Å²) in [6, 6.07) is 14.7. The van der Waals surface area contributed by atoms with Gasteiger partial charge in [0, 0.05) is 29.7 Å². The molecule has 2 N–H and O–H groups in total. The summed E-state index contributed by atoms with van der Waals surface area (Å²) in [5.41, 5.74) is 2.72. The number of para-hydroxylation sites is 1. The zero-order valence-electron chi connectivity index (χ0n) is 17.8. The van der Waals surface area contributed by atoms with E-state index in [4.69, 9.17) is 4.74 Å². The normalized spacial score (nSPS) is 18.4. The maximum Gasteiger partial charge on any atom is 0.310 e. The number of hydrogen-bond acceptors (Lipinski definition) is 6. The number of carbonyl (C=O) groups is 2. The Kier molecular flexibility index (Phi) is 6.30. The third-order valence-electron chi connectivity index (χ3n) is 5.58. The summed E-state index contributed by atoms with van der Waals surface area (Å²) in [6.45, 7) is 2.16. The molecule has 0 bridgehead atoms. The average molecular weight is 470 g/mol. The fraction of sp³-hybridized carbons (Fsp3) is 0.261. The molecule has 0 saturated carbocycles. The second-order valence-electron chi connectivity index (χ2n) is 7.93. The van der Waals surface area contributed by atoms with Crippen molar-refractivity contribution < 1.29 is 27.9 Å². The number of rotatable bonds is 8. The van der Waals surface area contributed by atoms with E-state index < -0.39 is 28.0 Å². The summed E-state index contributed by atoms with van der Waals surface area (Å²) >= 11 is 0. The van der Waals surface area contributed by atoms with Crippen molar-refractivity contribution in [2.24, 2.45) is 5.92 Å². The standard InChI is InChI=1S/C23H23N3O6S/c1-15-10-16(19-4-2-3-5-21(19)24-15)13-32-17-6-8-18(9-7-17)33(30,31)25-22-12-26(14-27)11-20(22)23(28)29/h2-10,14,20,22,25H,11-13H2,1H3,(H,28,29)/t20-,22+/m1/s1. The van der Waals surface area contributed by atoms with Gasteiger partial charge in [0.05, 0.1) is 22.4 Å². The number of carboxylic acids is 1. The van der Waals surface area contributed by atoms with E-state index in [1.807, 2.05) is 37.3 Å². The molecule has 3 aromatic rings. The van der Waals surface area contributed by atoms with Gasteiger partial charge in [-0.05, 0) is 43.3 Å². The summed E-state index contributed by atoms with van der Waals surface area (Å²) in [4.78, 5) is 28.2. The molecule has 4 rings (SSSR count). The SMILES string of the molecule is Cc1cc(COc2ccc(S(=O)(=O)N[C@H]3CN(C=O)C[C@H]3C(=O)O)cc2)c2ccccc2n1. The van der Waals surface area contributed by atoms with E-state index in [9.17, 15) is 23.1 Å². The predicted octanol–water partition coefficient (Wildman–Crippen LogP) is 1.94. The number of aromatic nitrogens is 1. The molecule has 10 heteroatoms. The van der Waals surface area contributed by atoms with Gasteiger partial charge in [-0.3, -0.25) is 14.6 Å². The Balaban J connectivity index is 1.46. The zero-order valence-corrected chi connectivity index (χ0v) is 18.7. The Morgan fingerprint density at radius 3 is 2.64 bits per heavy atom. The van der Waals surface area contributed by atoms with Gasteiger partial charge in [-0.1, -0.05) is 18.2 Å². The largest absolute Gasteiger partial charge is 0.489 e. The van der Waals surface area contributed by atoms with E-state index >= 15 is 0 Å². The number of aryl methyl sites for hydroxylation is 1. The molecular weight excluding hydrogens is 446 g/mol. The van der Waals surface area contributed by atoms with E-state index in [2.05, 4.69) is 9.71 Å². The number of fused-ring (bicyclic) bond motifs is 1. The van der Waals surface area contributed by atoms with Gasteiger partial charge in [-0.2, -0.15) is 0 Å². The maximum atomic E-state index is 12.8. The zero-order chi connectivity index (χ0) is 23.6. The first kappa shape index (κ1) is 22.7. The quantitative estimate of drug-likeness (QED) is 0.483. The number of carboxylic acid groups (broad SMARTS) is 1. The summed E-state index contributed by atoms with van der Waals surface area (Å²) < 4.78 is 33.8. The molecule has 9 nitrogen and oxygen atoms in total. The summed E-state index contributed by atoms with van der Waals surface area (Å²) in [6.07, 6.45) is 0.518. The number of ether oxygens (including phenoxy) is 1. The van der Waals surface area contributed by atoms with Gasteiger partial charge in [0.2, 0.25) is 16.4 Å². The van der Waals surface area contributed by atoms with Crippen LogP contribution in [-0.4, -0.2) is 54.9 Å². The summed E-state index contributed by atoms with van der Waals surface area (Å²) in [5.74, 6) is -1.68. The molecule has 172 valence electrons. The van der Waals surface area contributed by atoms with Gasteiger partial charge in [0.15, 0.2) is 0 Å². The number of amides is 1. The van der Waals surface area contributed by atoms with Crippen LogP contribution >= 0.6 is 0 Å². The van der Waals surface area contributed by atoms with Crippen LogP contribution in [0.5, 0.6) is 5.75 Å². The van der Waals surface area contributed by atoms with Crippen LogP contribution in [0.25, 0.3) is 10.9 Å². The molecule has 0 radical (unpaired) electrons. The monoisotopic (exact) mass is 469 g/mol. The molecule has 0 unspecified atom stereocenters. The number of nitrogens with zero attached hydrogens (tertiary/aromatic N) is 2. The lowest BCUT2D eigenvalue weighted by Crippen LogP contribution is -2.42. The molecule has 0 spiro atoms. The third-order valence-corrected chi connectivity index (χ3v) is 7.09. The molecule has 2 aromatic carbocycles. The molecule has 2 heterocycles. The Morgan fingerprint density at radius 1 is 1.21 bits per heavy atom. The van der Waals surface area contributed by atoms with Crippen molar-refractivity contribution in [3.63, 3.8) is 0 Å². The van der Waals surface area contributed by atoms with Crippen LogP contribution in [0.15, 0.2) is 59.5 Å². The van der Waals surface area contributed by atoms with Crippen molar-refractivity contribution in [2.45, 2.75) is 24.5 Å². The first-order chi connectivity index (χ1) is 15.8. The smallest absolute Gasteiger partial charge is 0.310 e. The number of aliphatic carboxylic acids is 1. The average Bonchev–Trinajstić information content (AvgIpc) is 3.20. The van der Waals surface area contributed by atoms with Crippen molar-refractivity contribution >= 4 is 33.3 Å². The van der Waals surface area contributed by atoms with E-state index in [0.29, 0.717) is 12.2 Å². The molecule has 1 aliphatic rings. The van der Waals surface area contributed by atoms with Crippen LogP contribution in [0.4, 0.5) is 0 Å². The van der Waals surface area contributed by atoms with Gasteiger partial charge in [0.1, 0.15) is 12.4 Å². The molecule has 1 amide bonds. The van der Waals surface area contributed by atoms with Crippen LogP contribution in [-0.2, 0) is 26.2 Å². The van der Waals surface area contributed by atoms with E-state index in [1.54, 1.807) is 12.1 Å². The van der Waals surface area contributed by atoms with Gasteiger partial charge >= 0.3 is 5.97 Å². The maximum absolute atomic E-state index is 12.8. The highest BCUT2D eigenvalue weighted by molar-refractivity contribution is 7.89. The number of likely N-dealkylation sites (tertiary alicyclic amines) is 1. The first-order valence-corrected chi connectivity index (χ1v) is 11.8. The van der Waals surface area contributed by atoms with Gasteiger partial charge < -0.3 is 14.7 Å². The third kappa shape index (κ3) is 4.96. The molecule has 2 atom stereocenters. The fourth-order valence-corrected chi connectivity index (χ4v) is 5.22. The van der Waals surface area contributed by atoms with Gasteiger partial charge in [0.25, 0.3) is 0 Å². The van der Waals surface area contributed by atoms with Gasteiger partial charge in [-0.25, -0.2) is 13.1 Å². The van der Waals surface area contributed by atoms with Crippen molar-refractivity contribution in [3.05, 3.63) is 65.9 Å². The highest BCUT2D eigenvalue weighted by atomic mass is 32.2. The Labute approximate surface area is 191 Å². The van der Waals surface area contributed by atoms with E-state index in [0.717, 1.165) is 22.2 Å². The Morgan fingerprint density at radius 2 is 1.94 bits per heavy atom. The lowest BCUT2D eigenvalue weighted by atomic mass is 10.1. The summed E-state index contributed by atoms with van der Waals surface area (Å²) in [5, 5.41) is 10.3. The molecule has 1 saturated heterocycles. The van der Waals surface area contributed by atoms with Crippen molar-refractivity contribution in [1.29, 1.82) is 0 Å². The lowest BCUT2D eigenvalue weighted by Gasteiger charge is -2.17. The molecular formula is C23H23N3O6S. The number of carbonyl (C=O) groups excluding carboxylic acids is 1. The van der Waals surface area contributed by atoms with Crippen LogP contribution in [0, 0.1) is 12.8 Å². The van der Waals surface area contributed by atoms with Crippen LogP contribution < -0.4 is 9.46 Å². The van der Waals surface area contributed by atoms with Crippen LogP contribution in [0.1, 0.15) is 11.3 Å². The van der Waals surface area contributed by atoms with Gasteiger partial charge in [-0.15, -0.1) is 0 Å². The van der Waals surface area contributed by atoms with Crippen LogP contribution in [0.2, 0.25) is 0 Å².